The standard InChI is InChI=1S/C19H31N5O2.ClH/c1-23-14-17(13-22-23)19(26)21-12-16-6-10-24(11-7-16)18(25)3-2-15-4-8-20-9-5-15;/h13-16,20H,2-12H2,1H3,(H,21,26);1H. The number of rotatable bonds is 6. The number of carbonyl (C=O) groups is 2. The summed E-state index contributed by atoms with van der Waals surface area (Å²) < 4.78 is 1.63. The lowest BCUT2D eigenvalue weighted by Crippen LogP contribution is -2.41. The Kier molecular flexibility index (Phi) is 8.57. The second kappa shape index (κ2) is 10.7. The molecule has 1 aromatic rings. The van der Waals surface area contributed by atoms with Crippen LogP contribution < -0.4 is 10.6 Å². The molecule has 0 aliphatic carbocycles. The maximum absolute atomic E-state index is 12.4. The number of hydrogen-bond acceptors (Lipinski definition) is 4. The third-order valence-corrected chi connectivity index (χ3v) is 5.71. The van der Waals surface area contributed by atoms with Gasteiger partial charge in [-0.15, -0.1) is 12.4 Å². The van der Waals surface area contributed by atoms with Crippen molar-refractivity contribution in [1.82, 2.24) is 25.3 Å². The topological polar surface area (TPSA) is 79.3 Å². The molecule has 2 fully saturated rings. The van der Waals surface area contributed by atoms with Crippen molar-refractivity contribution in [3.05, 3.63) is 18.0 Å². The molecule has 0 saturated carbocycles. The molecule has 0 aromatic carbocycles. The van der Waals surface area contributed by atoms with Crippen molar-refractivity contribution in [2.75, 3.05) is 32.7 Å². The van der Waals surface area contributed by atoms with Crippen molar-refractivity contribution in [2.45, 2.75) is 38.5 Å². The van der Waals surface area contributed by atoms with E-state index in [4.69, 9.17) is 0 Å². The lowest BCUT2D eigenvalue weighted by Gasteiger charge is -2.32. The number of piperidine rings is 2. The van der Waals surface area contributed by atoms with Crippen molar-refractivity contribution in [3.8, 4) is 0 Å². The van der Waals surface area contributed by atoms with Crippen molar-refractivity contribution >= 4 is 24.2 Å². The average Bonchev–Trinajstić information content (AvgIpc) is 3.12. The van der Waals surface area contributed by atoms with Crippen molar-refractivity contribution in [2.24, 2.45) is 18.9 Å². The van der Waals surface area contributed by atoms with E-state index in [1.54, 1.807) is 24.1 Å². The van der Waals surface area contributed by atoms with Crippen LogP contribution in [0.15, 0.2) is 12.4 Å². The molecule has 2 amide bonds. The Hall–Kier alpha value is -1.60. The fourth-order valence-electron chi connectivity index (χ4n) is 3.92. The Morgan fingerprint density at radius 3 is 2.52 bits per heavy atom. The molecule has 1 aromatic heterocycles. The van der Waals surface area contributed by atoms with Gasteiger partial charge in [-0.2, -0.15) is 5.10 Å². The van der Waals surface area contributed by atoms with E-state index in [-0.39, 0.29) is 18.3 Å². The first-order chi connectivity index (χ1) is 12.6. The second-order valence-electron chi connectivity index (χ2n) is 7.67. The van der Waals surface area contributed by atoms with Gasteiger partial charge >= 0.3 is 0 Å². The summed E-state index contributed by atoms with van der Waals surface area (Å²) in [6.45, 7) is 4.49. The monoisotopic (exact) mass is 397 g/mol. The van der Waals surface area contributed by atoms with E-state index in [1.807, 2.05) is 4.90 Å². The van der Waals surface area contributed by atoms with E-state index in [0.717, 1.165) is 45.4 Å². The molecular weight excluding hydrogens is 366 g/mol. The number of hydrogen-bond donors (Lipinski definition) is 2. The van der Waals surface area contributed by atoms with Gasteiger partial charge in [0.05, 0.1) is 11.8 Å². The van der Waals surface area contributed by atoms with Gasteiger partial charge in [0.2, 0.25) is 5.91 Å². The number of aromatic nitrogens is 2. The first-order valence-corrected chi connectivity index (χ1v) is 9.87. The van der Waals surface area contributed by atoms with E-state index in [9.17, 15) is 9.59 Å². The molecule has 8 heteroatoms. The number of nitrogens with zero attached hydrogens (tertiary/aromatic N) is 3. The minimum atomic E-state index is -0.0708. The number of carbonyl (C=O) groups excluding carboxylic acids is 2. The third-order valence-electron chi connectivity index (χ3n) is 5.71. The third kappa shape index (κ3) is 6.50. The van der Waals surface area contributed by atoms with Gasteiger partial charge in [0, 0.05) is 39.3 Å². The molecule has 3 rings (SSSR count). The molecule has 0 spiro atoms. The predicted molar refractivity (Wildman–Crippen MR) is 107 cm³/mol. The first-order valence-electron chi connectivity index (χ1n) is 9.87. The summed E-state index contributed by atoms with van der Waals surface area (Å²) in [4.78, 5) is 26.5. The highest BCUT2D eigenvalue weighted by Crippen LogP contribution is 2.21. The predicted octanol–water partition coefficient (Wildman–Crippen LogP) is 1.59. The van der Waals surface area contributed by atoms with Crippen molar-refractivity contribution in [3.63, 3.8) is 0 Å². The highest BCUT2D eigenvalue weighted by atomic mass is 35.5. The van der Waals surface area contributed by atoms with Gasteiger partial charge in [-0.1, -0.05) is 0 Å². The van der Waals surface area contributed by atoms with Crippen LogP contribution >= 0.6 is 12.4 Å². The summed E-state index contributed by atoms with van der Waals surface area (Å²) in [5.74, 6) is 1.39. The molecule has 2 aliphatic heterocycles. The van der Waals surface area contributed by atoms with Gasteiger partial charge in [-0.05, 0) is 57.0 Å². The molecule has 27 heavy (non-hydrogen) atoms. The number of nitrogens with one attached hydrogen (secondary N) is 2. The molecule has 2 aliphatic rings. The Morgan fingerprint density at radius 2 is 1.89 bits per heavy atom. The number of aryl methyl sites for hydroxylation is 1. The molecule has 3 heterocycles. The van der Waals surface area contributed by atoms with Crippen LogP contribution in [0.4, 0.5) is 0 Å². The van der Waals surface area contributed by atoms with E-state index in [0.29, 0.717) is 36.3 Å². The zero-order valence-corrected chi connectivity index (χ0v) is 17.0. The zero-order chi connectivity index (χ0) is 18.4. The summed E-state index contributed by atoms with van der Waals surface area (Å²) in [5, 5.41) is 10.4. The van der Waals surface area contributed by atoms with E-state index < -0.39 is 0 Å². The second-order valence-corrected chi connectivity index (χ2v) is 7.67. The van der Waals surface area contributed by atoms with Crippen molar-refractivity contribution in [1.29, 1.82) is 0 Å². The van der Waals surface area contributed by atoms with Gasteiger partial charge in [0.1, 0.15) is 0 Å². The molecule has 2 N–H and O–H groups in total. The quantitative estimate of drug-likeness (QED) is 0.764. The fourth-order valence-corrected chi connectivity index (χ4v) is 3.92. The largest absolute Gasteiger partial charge is 0.352 e. The smallest absolute Gasteiger partial charge is 0.254 e. The van der Waals surface area contributed by atoms with E-state index in [1.165, 1.54) is 12.8 Å². The summed E-state index contributed by atoms with van der Waals surface area (Å²) in [6, 6.07) is 0. The molecule has 0 radical (unpaired) electrons. The lowest BCUT2D eigenvalue weighted by molar-refractivity contribution is -0.132. The first kappa shape index (κ1) is 21.7. The van der Waals surface area contributed by atoms with Crippen LogP contribution in [0.25, 0.3) is 0 Å². The maximum atomic E-state index is 12.4. The lowest BCUT2D eigenvalue weighted by atomic mass is 9.92. The van der Waals surface area contributed by atoms with E-state index >= 15 is 0 Å². The minimum absolute atomic E-state index is 0. The van der Waals surface area contributed by atoms with Gasteiger partial charge < -0.3 is 15.5 Å². The van der Waals surface area contributed by atoms with Crippen LogP contribution in [0.1, 0.15) is 48.9 Å². The van der Waals surface area contributed by atoms with Crippen LogP contribution in [0.5, 0.6) is 0 Å². The van der Waals surface area contributed by atoms with Crippen LogP contribution in [0.3, 0.4) is 0 Å². The van der Waals surface area contributed by atoms with Gasteiger partial charge in [-0.25, -0.2) is 0 Å². The number of amides is 2. The van der Waals surface area contributed by atoms with Gasteiger partial charge in [-0.3, -0.25) is 14.3 Å². The zero-order valence-electron chi connectivity index (χ0n) is 16.2. The van der Waals surface area contributed by atoms with Gasteiger partial charge in [0.25, 0.3) is 5.91 Å². The molecule has 0 atom stereocenters. The highest BCUT2D eigenvalue weighted by Gasteiger charge is 2.24. The Morgan fingerprint density at radius 1 is 1.19 bits per heavy atom. The SMILES string of the molecule is Cl.Cn1cc(C(=O)NCC2CCN(C(=O)CCC3CCNCC3)CC2)cn1. The van der Waals surface area contributed by atoms with Crippen LogP contribution in [-0.2, 0) is 11.8 Å². The Balaban J connectivity index is 0.00000261. The molecule has 7 nitrogen and oxygen atoms in total. The summed E-state index contributed by atoms with van der Waals surface area (Å²) >= 11 is 0. The Labute approximate surface area is 167 Å². The fraction of sp³-hybridized carbons (Fsp3) is 0.737. The normalized spacial score (nSPS) is 18.8. The summed E-state index contributed by atoms with van der Waals surface area (Å²) in [6.07, 6.45) is 9.35. The van der Waals surface area contributed by atoms with Crippen LogP contribution in [-0.4, -0.2) is 59.2 Å². The molecule has 152 valence electrons. The number of halogens is 1. The highest BCUT2D eigenvalue weighted by molar-refractivity contribution is 5.93. The van der Waals surface area contributed by atoms with Crippen molar-refractivity contribution < 1.29 is 9.59 Å². The number of likely N-dealkylation sites (tertiary alicyclic amines) is 1. The molecular formula is C19H32ClN5O2. The maximum Gasteiger partial charge on any atom is 0.254 e. The van der Waals surface area contributed by atoms with Crippen LogP contribution in [0, 0.1) is 11.8 Å². The minimum Gasteiger partial charge on any atom is -0.352 e. The molecule has 2 saturated heterocycles. The molecule has 0 unspecified atom stereocenters. The summed E-state index contributed by atoms with van der Waals surface area (Å²) in [5.41, 5.74) is 0.595. The Bertz CT molecular complexity index is 607. The molecule has 0 bridgehead atoms. The van der Waals surface area contributed by atoms with E-state index in [2.05, 4.69) is 15.7 Å². The average molecular weight is 398 g/mol. The van der Waals surface area contributed by atoms with Crippen LogP contribution in [0.2, 0.25) is 0 Å². The van der Waals surface area contributed by atoms with Gasteiger partial charge in [0.15, 0.2) is 0 Å². The summed E-state index contributed by atoms with van der Waals surface area (Å²) in [7, 11) is 1.80.